The summed E-state index contributed by atoms with van der Waals surface area (Å²) in [7, 11) is 0. The van der Waals surface area contributed by atoms with Gasteiger partial charge in [0, 0.05) is 27.9 Å². The van der Waals surface area contributed by atoms with Crippen LogP contribution in [0.2, 0.25) is 5.02 Å². The van der Waals surface area contributed by atoms with Crippen molar-refractivity contribution in [2.24, 2.45) is 0 Å². The molecular formula is C18H15ClN2OS2. The third kappa shape index (κ3) is 3.43. The molecule has 0 fully saturated rings. The Bertz CT molecular complexity index is 900. The molecule has 0 aliphatic carbocycles. The molecule has 0 amide bonds. The Morgan fingerprint density at radius 1 is 1.25 bits per heavy atom. The lowest BCUT2D eigenvalue weighted by Gasteiger charge is -2.14. The van der Waals surface area contributed by atoms with Crippen LogP contribution >= 0.6 is 35.1 Å². The Labute approximate surface area is 154 Å². The average molecular weight is 375 g/mol. The highest BCUT2D eigenvalue weighted by Crippen LogP contribution is 2.39. The SMILES string of the molecule is CCC(=O)c1c(SC)nc2ccc(Cl)cc2c1Sc1ccccn1. The van der Waals surface area contributed by atoms with Crippen molar-refractivity contribution in [2.75, 3.05) is 6.26 Å². The molecule has 0 saturated heterocycles. The lowest BCUT2D eigenvalue weighted by molar-refractivity contribution is 0.0982. The Morgan fingerprint density at radius 2 is 2.08 bits per heavy atom. The highest BCUT2D eigenvalue weighted by atomic mass is 35.5. The molecule has 122 valence electrons. The van der Waals surface area contributed by atoms with Crippen LogP contribution in [0.15, 0.2) is 57.5 Å². The van der Waals surface area contributed by atoms with Gasteiger partial charge in [-0.3, -0.25) is 4.79 Å². The lowest BCUT2D eigenvalue weighted by Crippen LogP contribution is -2.05. The summed E-state index contributed by atoms with van der Waals surface area (Å²) in [5.41, 5.74) is 1.49. The van der Waals surface area contributed by atoms with Crippen LogP contribution in [0.1, 0.15) is 23.7 Å². The maximum atomic E-state index is 12.6. The first-order valence-corrected chi connectivity index (χ1v) is 9.85. The second-order valence-electron chi connectivity index (χ2n) is 5.03. The van der Waals surface area contributed by atoms with Crippen molar-refractivity contribution in [3.05, 3.63) is 53.2 Å². The molecule has 24 heavy (non-hydrogen) atoms. The Hall–Kier alpha value is -1.56. The molecular weight excluding hydrogens is 360 g/mol. The molecule has 3 rings (SSSR count). The van der Waals surface area contributed by atoms with Gasteiger partial charge < -0.3 is 0 Å². The standard InChI is InChI=1S/C18H15ClN2OS2/c1-3-14(22)16-17(24-15-6-4-5-9-20-15)12-10-11(19)7-8-13(12)21-18(16)23-2/h4-10H,3H2,1-2H3. The molecule has 0 aliphatic rings. The van der Waals surface area contributed by atoms with Crippen molar-refractivity contribution >= 4 is 51.8 Å². The van der Waals surface area contributed by atoms with E-state index in [2.05, 4.69) is 9.97 Å². The monoisotopic (exact) mass is 374 g/mol. The predicted molar refractivity (Wildman–Crippen MR) is 102 cm³/mol. The van der Waals surface area contributed by atoms with Gasteiger partial charge in [-0.15, -0.1) is 11.8 Å². The summed E-state index contributed by atoms with van der Waals surface area (Å²) in [6, 6.07) is 11.3. The molecule has 2 heterocycles. The number of halogens is 1. The van der Waals surface area contributed by atoms with Crippen molar-refractivity contribution in [3.63, 3.8) is 0 Å². The smallest absolute Gasteiger partial charge is 0.166 e. The Balaban J connectivity index is 2.31. The molecule has 0 radical (unpaired) electrons. The first-order chi connectivity index (χ1) is 11.6. The number of benzene rings is 1. The van der Waals surface area contributed by atoms with Gasteiger partial charge in [-0.2, -0.15) is 0 Å². The van der Waals surface area contributed by atoms with Gasteiger partial charge in [0.15, 0.2) is 5.78 Å². The third-order valence-corrected chi connectivity index (χ3v) is 5.50. The maximum Gasteiger partial charge on any atom is 0.166 e. The minimum Gasteiger partial charge on any atom is -0.294 e. The minimum atomic E-state index is 0.0761. The zero-order valence-corrected chi connectivity index (χ0v) is 15.6. The molecule has 0 N–H and O–H groups in total. The van der Waals surface area contributed by atoms with E-state index in [-0.39, 0.29) is 5.78 Å². The topological polar surface area (TPSA) is 42.9 Å². The molecule has 0 aliphatic heterocycles. The van der Waals surface area contributed by atoms with Gasteiger partial charge in [0.05, 0.1) is 11.1 Å². The van der Waals surface area contributed by atoms with E-state index in [1.807, 2.05) is 49.6 Å². The molecule has 0 bridgehead atoms. The van der Waals surface area contributed by atoms with Crippen LogP contribution in [0.25, 0.3) is 10.9 Å². The van der Waals surface area contributed by atoms with Crippen molar-refractivity contribution in [3.8, 4) is 0 Å². The number of hydrogen-bond acceptors (Lipinski definition) is 5. The Kier molecular flexibility index (Phi) is 5.43. The quantitative estimate of drug-likeness (QED) is 0.420. The zero-order valence-electron chi connectivity index (χ0n) is 13.2. The number of carbonyl (C=O) groups excluding carboxylic acids is 1. The second-order valence-corrected chi connectivity index (χ2v) is 7.30. The number of thioether (sulfide) groups is 1. The van der Waals surface area contributed by atoms with E-state index in [0.29, 0.717) is 17.0 Å². The second kappa shape index (κ2) is 7.55. The first kappa shape index (κ1) is 17.3. The van der Waals surface area contributed by atoms with Gasteiger partial charge in [0.2, 0.25) is 0 Å². The van der Waals surface area contributed by atoms with Crippen LogP contribution in [0.4, 0.5) is 0 Å². The van der Waals surface area contributed by atoms with Gasteiger partial charge in [-0.25, -0.2) is 9.97 Å². The number of ketones is 1. The lowest BCUT2D eigenvalue weighted by atomic mass is 10.1. The largest absolute Gasteiger partial charge is 0.294 e. The highest BCUT2D eigenvalue weighted by molar-refractivity contribution is 8.00. The molecule has 6 heteroatoms. The van der Waals surface area contributed by atoms with Crippen LogP contribution in [-0.4, -0.2) is 22.0 Å². The number of Topliss-reactive ketones (excluding diaryl/α,β-unsaturated/α-hetero) is 1. The summed E-state index contributed by atoms with van der Waals surface area (Å²) < 4.78 is 0. The van der Waals surface area contributed by atoms with E-state index in [0.717, 1.165) is 25.9 Å². The first-order valence-electron chi connectivity index (χ1n) is 7.43. The number of rotatable bonds is 5. The summed E-state index contributed by atoms with van der Waals surface area (Å²) in [5, 5.41) is 3.09. The van der Waals surface area contributed by atoms with Gasteiger partial charge >= 0.3 is 0 Å². The van der Waals surface area contributed by atoms with Crippen molar-refractivity contribution in [1.29, 1.82) is 0 Å². The van der Waals surface area contributed by atoms with Crippen molar-refractivity contribution < 1.29 is 4.79 Å². The fraction of sp³-hybridized carbons (Fsp3) is 0.167. The normalized spacial score (nSPS) is 11.0. The van der Waals surface area contributed by atoms with E-state index < -0.39 is 0 Å². The predicted octanol–water partition coefficient (Wildman–Crippen LogP) is 5.75. The van der Waals surface area contributed by atoms with Crippen molar-refractivity contribution in [2.45, 2.75) is 28.3 Å². The maximum absolute atomic E-state index is 12.6. The van der Waals surface area contributed by atoms with Gasteiger partial charge in [0.25, 0.3) is 0 Å². The van der Waals surface area contributed by atoms with E-state index >= 15 is 0 Å². The van der Waals surface area contributed by atoms with Gasteiger partial charge in [-0.1, -0.05) is 36.4 Å². The molecule has 3 aromatic rings. The molecule has 0 spiro atoms. The minimum absolute atomic E-state index is 0.0761. The van der Waals surface area contributed by atoms with Gasteiger partial charge in [-0.05, 0) is 36.6 Å². The highest BCUT2D eigenvalue weighted by Gasteiger charge is 2.21. The third-order valence-electron chi connectivity index (χ3n) is 3.50. The molecule has 0 atom stereocenters. The van der Waals surface area contributed by atoms with Crippen molar-refractivity contribution in [1.82, 2.24) is 9.97 Å². The molecule has 0 unspecified atom stereocenters. The van der Waals surface area contributed by atoms with E-state index in [1.54, 1.807) is 6.20 Å². The number of fused-ring (bicyclic) bond motifs is 1. The van der Waals surface area contributed by atoms with Crippen LogP contribution < -0.4 is 0 Å². The fourth-order valence-electron chi connectivity index (χ4n) is 2.37. The summed E-state index contributed by atoms with van der Waals surface area (Å²) in [5.74, 6) is 0.0761. The molecule has 0 saturated carbocycles. The zero-order chi connectivity index (χ0) is 17.1. The van der Waals surface area contributed by atoms with E-state index in [1.165, 1.54) is 23.5 Å². The van der Waals surface area contributed by atoms with Crippen LogP contribution in [0, 0.1) is 0 Å². The van der Waals surface area contributed by atoms with E-state index in [4.69, 9.17) is 11.6 Å². The number of carbonyl (C=O) groups is 1. The number of nitrogens with zero attached hydrogens (tertiary/aromatic N) is 2. The molecule has 2 aromatic heterocycles. The summed E-state index contributed by atoms with van der Waals surface area (Å²) >= 11 is 9.16. The average Bonchev–Trinajstić information content (AvgIpc) is 2.62. The number of aromatic nitrogens is 2. The van der Waals surface area contributed by atoms with E-state index in [9.17, 15) is 4.79 Å². The molecule has 3 nitrogen and oxygen atoms in total. The number of pyridine rings is 2. The summed E-state index contributed by atoms with van der Waals surface area (Å²) in [6.07, 6.45) is 4.11. The van der Waals surface area contributed by atoms with Gasteiger partial charge in [0.1, 0.15) is 10.1 Å². The summed E-state index contributed by atoms with van der Waals surface area (Å²) in [6.45, 7) is 1.86. The van der Waals surface area contributed by atoms with Crippen LogP contribution in [0.3, 0.4) is 0 Å². The number of hydrogen-bond donors (Lipinski definition) is 0. The Morgan fingerprint density at radius 3 is 2.75 bits per heavy atom. The summed E-state index contributed by atoms with van der Waals surface area (Å²) in [4.78, 5) is 22.5. The fourth-order valence-corrected chi connectivity index (χ4v) is 4.27. The molecule has 1 aromatic carbocycles. The van der Waals surface area contributed by atoms with Crippen LogP contribution in [-0.2, 0) is 0 Å². The van der Waals surface area contributed by atoms with Crippen LogP contribution in [0.5, 0.6) is 0 Å².